The van der Waals surface area contributed by atoms with Gasteiger partial charge in [0, 0.05) is 24.4 Å². The van der Waals surface area contributed by atoms with Crippen molar-refractivity contribution < 1.29 is 4.79 Å². The Balaban J connectivity index is 1.58. The molecule has 1 aliphatic rings. The topological polar surface area (TPSA) is 45.2 Å². The normalized spacial score (nSPS) is 16.7. The highest BCUT2D eigenvalue weighted by Crippen LogP contribution is 2.27. The Labute approximate surface area is 160 Å². The Kier molecular flexibility index (Phi) is 6.30. The fraction of sp³-hybridized carbons (Fsp3) is 0.524. The molecule has 140 valence electrons. The number of nitrogens with zero attached hydrogens (tertiary/aromatic N) is 2. The number of amides is 1. The highest BCUT2D eigenvalue weighted by Gasteiger charge is 2.28. The summed E-state index contributed by atoms with van der Waals surface area (Å²) in [6.45, 7) is 8.25. The van der Waals surface area contributed by atoms with E-state index in [0.717, 1.165) is 43.2 Å². The van der Waals surface area contributed by atoms with Crippen LogP contribution in [0.2, 0.25) is 0 Å². The third kappa shape index (κ3) is 4.85. The Morgan fingerprint density at radius 3 is 2.54 bits per heavy atom. The summed E-state index contributed by atoms with van der Waals surface area (Å²) in [6, 6.07) is 10.4. The number of nitrogens with one attached hydrogen (secondary N) is 1. The standard InChI is InChI=1S/C21H29N3OS/c1-15(2)13-19(17-7-5-4-6-8-17)23-20(25)18-9-11-24(12-10-18)21-22-16(3)14-26-21/h4-8,14-15,18-19H,9-13H2,1-3H3,(H,23,25)/t19-/m1/s1. The Morgan fingerprint density at radius 1 is 1.27 bits per heavy atom. The van der Waals surface area contributed by atoms with Crippen LogP contribution in [0, 0.1) is 18.8 Å². The lowest BCUT2D eigenvalue weighted by molar-refractivity contribution is -0.126. The number of piperidine rings is 1. The molecular formula is C21H29N3OS. The molecule has 1 atom stereocenters. The maximum absolute atomic E-state index is 12.9. The summed E-state index contributed by atoms with van der Waals surface area (Å²) in [4.78, 5) is 19.7. The van der Waals surface area contributed by atoms with Gasteiger partial charge in [0.05, 0.1) is 11.7 Å². The zero-order valence-electron chi connectivity index (χ0n) is 15.9. The zero-order valence-corrected chi connectivity index (χ0v) is 16.8. The number of anilines is 1. The molecule has 1 aromatic heterocycles. The number of aromatic nitrogens is 1. The van der Waals surface area contributed by atoms with E-state index in [2.05, 4.69) is 46.6 Å². The second-order valence-corrected chi connectivity index (χ2v) is 8.47. The van der Waals surface area contributed by atoms with Gasteiger partial charge in [-0.25, -0.2) is 4.98 Å². The van der Waals surface area contributed by atoms with Gasteiger partial charge < -0.3 is 10.2 Å². The Morgan fingerprint density at radius 2 is 1.96 bits per heavy atom. The number of aryl methyl sites for hydroxylation is 1. The molecule has 0 radical (unpaired) electrons. The van der Waals surface area contributed by atoms with E-state index >= 15 is 0 Å². The van der Waals surface area contributed by atoms with Crippen molar-refractivity contribution in [2.75, 3.05) is 18.0 Å². The smallest absolute Gasteiger partial charge is 0.223 e. The number of hydrogen-bond donors (Lipinski definition) is 1. The van der Waals surface area contributed by atoms with E-state index in [1.807, 2.05) is 25.1 Å². The minimum atomic E-state index is 0.100. The molecule has 1 aromatic carbocycles. The van der Waals surface area contributed by atoms with Gasteiger partial charge in [-0.1, -0.05) is 44.2 Å². The van der Waals surface area contributed by atoms with Gasteiger partial charge in [-0.2, -0.15) is 0 Å². The summed E-state index contributed by atoms with van der Waals surface area (Å²) in [5.74, 6) is 0.843. The Bertz CT molecular complexity index is 705. The molecule has 26 heavy (non-hydrogen) atoms. The first-order valence-corrected chi connectivity index (χ1v) is 10.4. The molecular weight excluding hydrogens is 342 g/mol. The van der Waals surface area contributed by atoms with Crippen molar-refractivity contribution in [3.8, 4) is 0 Å². The van der Waals surface area contributed by atoms with Crippen molar-refractivity contribution in [3.05, 3.63) is 47.0 Å². The first kappa shape index (κ1) is 18.9. The van der Waals surface area contributed by atoms with Crippen LogP contribution in [0.15, 0.2) is 35.7 Å². The zero-order chi connectivity index (χ0) is 18.5. The van der Waals surface area contributed by atoms with Crippen molar-refractivity contribution in [2.45, 2.75) is 46.1 Å². The molecule has 2 heterocycles. The number of carbonyl (C=O) groups excluding carboxylic acids is 1. The monoisotopic (exact) mass is 371 g/mol. The lowest BCUT2D eigenvalue weighted by Gasteiger charge is -2.32. The molecule has 0 saturated carbocycles. The minimum Gasteiger partial charge on any atom is -0.349 e. The van der Waals surface area contributed by atoms with Crippen molar-refractivity contribution in [2.24, 2.45) is 11.8 Å². The van der Waals surface area contributed by atoms with Crippen LogP contribution >= 0.6 is 11.3 Å². The molecule has 1 saturated heterocycles. The molecule has 5 heteroatoms. The maximum Gasteiger partial charge on any atom is 0.223 e. The highest BCUT2D eigenvalue weighted by atomic mass is 32.1. The lowest BCUT2D eigenvalue weighted by Crippen LogP contribution is -2.41. The van der Waals surface area contributed by atoms with Crippen molar-refractivity contribution in [1.82, 2.24) is 10.3 Å². The lowest BCUT2D eigenvalue weighted by atomic mass is 9.93. The molecule has 0 unspecified atom stereocenters. The number of benzene rings is 1. The molecule has 0 spiro atoms. The quantitative estimate of drug-likeness (QED) is 0.809. The van der Waals surface area contributed by atoms with Gasteiger partial charge in [-0.3, -0.25) is 4.79 Å². The van der Waals surface area contributed by atoms with Gasteiger partial charge in [0.2, 0.25) is 5.91 Å². The molecule has 1 N–H and O–H groups in total. The van der Waals surface area contributed by atoms with Gasteiger partial charge in [0.15, 0.2) is 5.13 Å². The van der Waals surface area contributed by atoms with Gasteiger partial charge in [-0.05, 0) is 37.7 Å². The van der Waals surface area contributed by atoms with Crippen LogP contribution in [-0.2, 0) is 4.79 Å². The summed E-state index contributed by atoms with van der Waals surface area (Å²) in [7, 11) is 0. The van der Waals surface area contributed by atoms with Crippen LogP contribution in [0.1, 0.15) is 50.4 Å². The number of carbonyl (C=O) groups is 1. The van der Waals surface area contributed by atoms with Crippen molar-refractivity contribution in [1.29, 1.82) is 0 Å². The SMILES string of the molecule is Cc1csc(N2CCC(C(=O)N[C@H](CC(C)C)c3ccccc3)CC2)n1. The second-order valence-electron chi connectivity index (χ2n) is 7.63. The summed E-state index contributed by atoms with van der Waals surface area (Å²) in [5.41, 5.74) is 2.27. The third-order valence-corrected chi connectivity index (χ3v) is 5.99. The van der Waals surface area contributed by atoms with Crippen molar-refractivity contribution in [3.63, 3.8) is 0 Å². The van der Waals surface area contributed by atoms with E-state index in [1.165, 1.54) is 5.56 Å². The fourth-order valence-electron chi connectivity index (χ4n) is 3.54. The van der Waals surface area contributed by atoms with E-state index < -0.39 is 0 Å². The van der Waals surface area contributed by atoms with E-state index in [4.69, 9.17) is 0 Å². The van der Waals surface area contributed by atoms with Crippen LogP contribution in [-0.4, -0.2) is 24.0 Å². The molecule has 0 bridgehead atoms. The van der Waals surface area contributed by atoms with Gasteiger partial charge >= 0.3 is 0 Å². The van der Waals surface area contributed by atoms with Crippen LogP contribution < -0.4 is 10.2 Å². The van der Waals surface area contributed by atoms with Gasteiger partial charge in [0.1, 0.15) is 0 Å². The molecule has 0 aliphatic carbocycles. The maximum atomic E-state index is 12.9. The average molecular weight is 372 g/mol. The third-order valence-electron chi connectivity index (χ3n) is 4.97. The highest BCUT2D eigenvalue weighted by molar-refractivity contribution is 7.13. The second kappa shape index (κ2) is 8.67. The first-order valence-electron chi connectivity index (χ1n) is 9.55. The first-order chi connectivity index (χ1) is 12.5. The molecule has 1 aliphatic heterocycles. The van der Waals surface area contributed by atoms with Gasteiger partial charge in [0.25, 0.3) is 0 Å². The van der Waals surface area contributed by atoms with E-state index in [-0.39, 0.29) is 17.9 Å². The van der Waals surface area contributed by atoms with Crippen LogP contribution in [0.25, 0.3) is 0 Å². The summed E-state index contributed by atoms with van der Waals surface area (Å²) in [5, 5.41) is 6.50. The van der Waals surface area contributed by atoms with Crippen LogP contribution in [0.3, 0.4) is 0 Å². The Hall–Kier alpha value is -1.88. The predicted octanol–water partition coefficient (Wildman–Crippen LogP) is 4.57. The number of rotatable bonds is 6. The number of thiazole rings is 1. The molecule has 2 aromatic rings. The van der Waals surface area contributed by atoms with Crippen molar-refractivity contribution >= 4 is 22.4 Å². The summed E-state index contributed by atoms with van der Waals surface area (Å²) >= 11 is 1.69. The van der Waals surface area contributed by atoms with E-state index in [9.17, 15) is 4.79 Å². The minimum absolute atomic E-state index is 0.100. The molecule has 1 fully saturated rings. The van der Waals surface area contributed by atoms with Gasteiger partial charge in [-0.15, -0.1) is 11.3 Å². The van der Waals surface area contributed by atoms with Crippen LogP contribution in [0.4, 0.5) is 5.13 Å². The predicted molar refractivity (Wildman–Crippen MR) is 109 cm³/mol. The molecule has 1 amide bonds. The van der Waals surface area contributed by atoms with Crippen LogP contribution in [0.5, 0.6) is 0 Å². The summed E-state index contributed by atoms with van der Waals surface area (Å²) in [6.07, 6.45) is 2.76. The molecule has 3 rings (SSSR count). The largest absolute Gasteiger partial charge is 0.349 e. The number of hydrogen-bond acceptors (Lipinski definition) is 4. The summed E-state index contributed by atoms with van der Waals surface area (Å²) < 4.78 is 0. The van der Waals surface area contributed by atoms with E-state index in [0.29, 0.717) is 5.92 Å². The molecule has 4 nitrogen and oxygen atoms in total. The van der Waals surface area contributed by atoms with E-state index in [1.54, 1.807) is 11.3 Å². The average Bonchev–Trinajstić information content (AvgIpc) is 3.08. The fourth-order valence-corrected chi connectivity index (χ4v) is 4.40.